The van der Waals surface area contributed by atoms with Gasteiger partial charge in [-0.15, -0.1) is 16.4 Å². The van der Waals surface area contributed by atoms with Gasteiger partial charge < -0.3 is 14.5 Å². The fourth-order valence-corrected chi connectivity index (χ4v) is 6.36. The fraction of sp³-hybridized carbons (Fsp3) is 0.500. The van der Waals surface area contributed by atoms with Gasteiger partial charge in [-0.2, -0.15) is 0 Å². The number of ether oxygens (including phenoxy) is 2. The molecular formula is C28H34N6O3S. The second-order valence-electron chi connectivity index (χ2n) is 10.2. The largest absolute Gasteiger partial charge is 0.377 e. The van der Waals surface area contributed by atoms with Crippen LogP contribution in [-0.4, -0.2) is 62.1 Å². The first-order chi connectivity index (χ1) is 18.7. The molecule has 38 heavy (non-hydrogen) atoms. The van der Waals surface area contributed by atoms with Crippen molar-refractivity contribution in [1.82, 2.24) is 30.1 Å². The number of rotatable bonds is 10. The van der Waals surface area contributed by atoms with Gasteiger partial charge in [0.2, 0.25) is 0 Å². The van der Waals surface area contributed by atoms with Crippen molar-refractivity contribution >= 4 is 22.2 Å². The van der Waals surface area contributed by atoms with Crippen LogP contribution in [0.1, 0.15) is 60.5 Å². The van der Waals surface area contributed by atoms with E-state index in [0.717, 1.165) is 56.2 Å². The molecule has 2 aliphatic rings. The summed E-state index contributed by atoms with van der Waals surface area (Å²) in [6.45, 7) is 5.59. The van der Waals surface area contributed by atoms with Crippen molar-refractivity contribution in [2.75, 3.05) is 19.8 Å². The molecule has 0 saturated carbocycles. The van der Waals surface area contributed by atoms with E-state index in [9.17, 15) is 4.79 Å². The highest BCUT2D eigenvalue weighted by atomic mass is 32.1. The third-order valence-corrected chi connectivity index (χ3v) is 8.47. The van der Waals surface area contributed by atoms with Gasteiger partial charge in [-0.1, -0.05) is 19.1 Å². The molecule has 3 aromatic heterocycles. The van der Waals surface area contributed by atoms with Crippen LogP contribution in [-0.2, 0) is 29.0 Å². The second kappa shape index (κ2) is 11.4. The number of nitrogens with one attached hydrogen (secondary N) is 1. The molecular weight excluding hydrogens is 500 g/mol. The lowest BCUT2D eigenvalue weighted by Crippen LogP contribution is -2.39. The number of aromatic nitrogens is 5. The monoisotopic (exact) mass is 534 g/mol. The summed E-state index contributed by atoms with van der Waals surface area (Å²) in [6, 6.07) is 12.0. The summed E-state index contributed by atoms with van der Waals surface area (Å²) >= 11 is 1.71. The zero-order chi connectivity index (χ0) is 25.9. The van der Waals surface area contributed by atoms with E-state index in [-0.39, 0.29) is 17.8 Å². The Kier molecular flexibility index (Phi) is 7.64. The first-order valence-corrected chi connectivity index (χ1v) is 14.5. The number of benzene rings is 1. The molecule has 3 atom stereocenters. The quantitative estimate of drug-likeness (QED) is 0.327. The number of H-pyrrole nitrogens is 1. The van der Waals surface area contributed by atoms with Crippen molar-refractivity contribution < 1.29 is 9.47 Å². The smallest absolute Gasteiger partial charge is 0.253 e. The zero-order valence-corrected chi connectivity index (χ0v) is 22.5. The third-order valence-electron chi connectivity index (χ3n) is 7.61. The van der Waals surface area contributed by atoms with Gasteiger partial charge in [0.05, 0.1) is 18.8 Å². The highest BCUT2D eigenvalue weighted by molar-refractivity contribution is 7.09. The van der Waals surface area contributed by atoms with Gasteiger partial charge in [-0.25, -0.2) is 4.68 Å². The molecule has 6 rings (SSSR count). The van der Waals surface area contributed by atoms with E-state index in [2.05, 4.69) is 62.0 Å². The molecule has 2 aliphatic heterocycles. The molecule has 1 N–H and O–H groups in total. The maximum atomic E-state index is 13.7. The number of aryl methyl sites for hydroxylation is 1. The second-order valence-corrected chi connectivity index (χ2v) is 11.3. The number of fused-ring (bicyclic) bond motifs is 1. The standard InChI is InChI=1S/C28H34N6O3S/c1-2-19-9-10-25-20(14-19)15-24(28(35)29-25)26(27-30-31-32-34(27)17-22-7-4-12-37-22)33(16-21-6-3-11-36-21)18-23-8-5-13-38-23/h5,8-10,13-15,21-22,26H,2-4,6-7,11-12,16-18H2,1H3,(H,29,35)/t21-,22-,26-/m1/s1. The van der Waals surface area contributed by atoms with E-state index in [0.29, 0.717) is 31.0 Å². The Balaban J connectivity index is 1.47. The SMILES string of the molecule is CCc1ccc2[nH]c(=O)c([C@H](c3nnnn3C[C@H]3CCCO3)N(Cc3cccs3)C[C@H]3CCCO3)cc2c1. The Morgan fingerprint density at radius 1 is 1.16 bits per heavy atom. The van der Waals surface area contributed by atoms with Crippen LogP contribution in [0.5, 0.6) is 0 Å². The van der Waals surface area contributed by atoms with Crippen LogP contribution in [0.2, 0.25) is 0 Å². The summed E-state index contributed by atoms with van der Waals surface area (Å²) in [5, 5.41) is 16.1. The van der Waals surface area contributed by atoms with Crippen molar-refractivity contribution in [1.29, 1.82) is 0 Å². The van der Waals surface area contributed by atoms with E-state index >= 15 is 0 Å². The van der Waals surface area contributed by atoms with Crippen LogP contribution in [0.3, 0.4) is 0 Å². The average molecular weight is 535 g/mol. The molecule has 0 aliphatic carbocycles. The highest BCUT2D eigenvalue weighted by Gasteiger charge is 2.34. The van der Waals surface area contributed by atoms with E-state index < -0.39 is 6.04 Å². The summed E-state index contributed by atoms with van der Waals surface area (Å²) in [5.41, 5.74) is 2.58. The van der Waals surface area contributed by atoms with Crippen LogP contribution in [0.4, 0.5) is 0 Å². The van der Waals surface area contributed by atoms with Crippen molar-refractivity contribution in [2.45, 2.75) is 70.4 Å². The first kappa shape index (κ1) is 25.4. The summed E-state index contributed by atoms with van der Waals surface area (Å²) in [6.07, 6.45) is 5.18. The number of pyridine rings is 1. The van der Waals surface area contributed by atoms with Gasteiger partial charge in [-0.3, -0.25) is 9.69 Å². The molecule has 5 heterocycles. The average Bonchev–Trinajstić information content (AvgIpc) is 3.74. The lowest BCUT2D eigenvalue weighted by Gasteiger charge is -2.32. The molecule has 0 bridgehead atoms. The Morgan fingerprint density at radius 2 is 2.00 bits per heavy atom. The molecule has 2 fully saturated rings. The topological polar surface area (TPSA) is 98.2 Å². The fourth-order valence-electron chi connectivity index (χ4n) is 5.63. The molecule has 2 saturated heterocycles. The Morgan fingerprint density at radius 3 is 2.74 bits per heavy atom. The van der Waals surface area contributed by atoms with E-state index in [4.69, 9.17) is 9.47 Å². The number of hydrogen-bond acceptors (Lipinski definition) is 8. The Labute approximate surface area is 225 Å². The van der Waals surface area contributed by atoms with Gasteiger partial charge in [0, 0.05) is 42.3 Å². The number of nitrogens with zero attached hydrogens (tertiary/aromatic N) is 5. The minimum Gasteiger partial charge on any atom is -0.377 e. The predicted octanol–water partition coefficient (Wildman–Crippen LogP) is 4.09. The number of thiophene rings is 1. The Bertz CT molecular complexity index is 1410. The third kappa shape index (κ3) is 5.44. The minimum atomic E-state index is -0.448. The van der Waals surface area contributed by atoms with Gasteiger partial charge >= 0.3 is 0 Å². The molecule has 0 spiro atoms. The summed E-state index contributed by atoms with van der Waals surface area (Å²) in [4.78, 5) is 20.4. The number of tetrazole rings is 1. The van der Waals surface area contributed by atoms with Crippen LogP contribution < -0.4 is 5.56 Å². The Hall–Kier alpha value is -2.92. The summed E-state index contributed by atoms with van der Waals surface area (Å²) < 4.78 is 13.8. The minimum absolute atomic E-state index is 0.0730. The van der Waals surface area contributed by atoms with E-state index in [1.807, 2.05) is 16.8 Å². The lowest BCUT2D eigenvalue weighted by molar-refractivity contribution is 0.0559. The van der Waals surface area contributed by atoms with E-state index in [1.165, 1.54) is 10.4 Å². The molecule has 4 aromatic rings. The van der Waals surface area contributed by atoms with Crippen LogP contribution in [0.15, 0.2) is 46.6 Å². The van der Waals surface area contributed by atoms with Gasteiger partial charge in [0.1, 0.15) is 6.04 Å². The van der Waals surface area contributed by atoms with Gasteiger partial charge in [0.25, 0.3) is 5.56 Å². The summed E-state index contributed by atoms with van der Waals surface area (Å²) in [7, 11) is 0. The van der Waals surface area contributed by atoms with Crippen molar-refractivity contribution in [2.24, 2.45) is 0 Å². The maximum absolute atomic E-state index is 13.7. The van der Waals surface area contributed by atoms with Crippen LogP contribution in [0.25, 0.3) is 10.9 Å². The van der Waals surface area contributed by atoms with Gasteiger partial charge in [0.15, 0.2) is 5.82 Å². The molecule has 1 aromatic carbocycles. The normalized spacial score (nSPS) is 20.6. The first-order valence-electron chi connectivity index (χ1n) is 13.6. The molecule has 0 radical (unpaired) electrons. The molecule has 9 nitrogen and oxygen atoms in total. The van der Waals surface area contributed by atoms with Crippen LogP contribution >= 0.6 is 11.3 Å². The molecule has 0 amide bonds. The van der Waals surface area contributed by atoms with Gasteiger partial charge in [-0.05, 0) is 83.1 Å². The number of hydrogen-bond donors (Lipinski definition) is 1. The predicted molar refractivity (Wildman–Crippen MR) is 146 cm³/mol. The molecule has 10 heteroatoms. The lowest BCUT2D eigenvalue weighted by atomic mass is 10.0. The summed E-state index contributed by atoms with van der Waals surface area (Å²) in [5.74, 6) is 0.659. The number of aromatic amines is 1. The van der Waals surface area contributed by atoms with Crippen molar-refractivity contribution in [3.05, 3.63) is 74.0 Å². The zero-order valence-electron chi connectivity index (χ0n) is 21.7. The molecule has 0 unspecified atom stereocenters. The maximum Gasteiger partial charge on any atom is 0.253 e. The van der Waals surface area contributed by atoms with Crippen molar-refractivity contribution in [3.63, 3.8) is 0 Å². The van der Waals surface area contributed by atoms with E-state index in [1.54, 1.807) is 11.3 Å². The van der Waals surface area contributed by atoms with Crippen molar-refractivity contribution in [3.8, 4) is 0 Å². The highest BCUT2D eigenvalue weighted by Crippen LogP contribution is 2.31. The van der Waals surface area contributed by atoms with Crippen LogP contribution in [0, 0.1) is 0 Å². The molecule has 200 valence electrons.